The number of hydrogen-bond donors (Lipinski definition) is 0. The maximum absolute atomic E-state index is 12.7. The van der Waals surface area contributed by atoms with Gasteiger partial charge >= 0.3 is 5.63 Å². The normalized spacial score (nSPS) is 11.1. The molecule has 6 nitrogen and oxygen atoms in total. The van der Waals surface area contributed by atoms with Gasteiger partial charge < -0.3 is 19.2 Å². The van der Waals surface area contributed by atoms with Crippen LogP contribution in [-0.4, -0.2) is 5.97 Å². The van der Waals surface area contributed by atoms with Gasteiger partial charge in [0, 0.05) is 40.6 Å². The summed E-state index contributed by atoms with van der Waals surface area (Å²) < 4.78 is 7.20. The van der Waals surface area contributed by atoms with Crippen LogP contribution in [0.15, 0.2) is 119 Å². The van der Waals surface area contributed by atoms with Gasteiger partial charge in [-0.15, -0.1) is 0 Å². The highest BCUT2D eigenvalue weighted by Crippen LogP contribution is 2.35. The van der Waals surface area contributed by atoms with Crippen LogP contribution in [0.2, 0.25) is 0 Å². The molecule has 0 atom stereocenters. The molecular weight excluding hydrogens is 452 g/mol. The summed E-state index contributed by atoms with van der Waals surface area (Å²) in [4.78, 5) is 25.6. The summed E-state index contributed by atoms with van der Waals surface area (Å²) >= 11 is 0. The summed E-state index contributed by atoms with van der Waals surface area (Å²) in [5, 5.41) is 11.5. The molecule has 176 valence electrons. The number of carboxylic acids is 1. The highest BCUT2D eigenvalue weighted by Gasteiger charge is 2.13. The standard InChI is InChI=1S/C30H22N2O4/c33-29(34)21-31-17-15-22(16-18-31)11-12-24-19-23-13-14-27(20-28(23)36-30(24)35)32(25-7-3-1-4-8-25)26-9-5-2-6-10-26/h1-20H,21H2. The minimum Gasteiger partial charge on any atom is -0.544 e. The lowest BCUT2D eigenvalue weighted by molar-refractivity contribution is -0.690. The van der Waals surface area contributed by atoms with E-state index in [-0.39, 0.29) is 6.54 Å². The SMILES string of the molecule is O=C([O-])C[n+]1ccc(/C=C/c2cc3ccc(N(c4ccccc4)c4ccccc4)cc3oc2=O)cc1. The summed E-state index contributed by atoms with van der Waals surface area (Å²) in [5.41, 5.74) is 4.16. The van der Waals surface area contributed by atoms with Gasteiger partial charge in [0.15, 0.2) is 18.9 Å². The molecule has 0 aliphatic heterocycles. The van der Waals surface area contributed by atoms with Gasteiger partial charge in [-0.3, -0.25) is 0 Å². The number of anilines is 3. The predicted molar refractivity (Wildman–Crippen MR) is 138 cm³/mol. The number of hydrogen-bond acceptors (Lipinski definition) is 5. The third-order valence-corrected chi connectivity index (χ3v) is 5.72. The molecule has 0 saturated heterocycles. The average molecular weight is 475 g/mol. The van der Waals surface area contributed by atoms with E-state index in [9.17, 15) is 14.7 Å². The number of benzene rings is 3. The number of carboxylic acid groups (broad SMARTS) is 1. The molecule has 0 fully saturated rings. The second-order valence-electron chi connectivity index (χ2n) is 8.23. The van der Waals surface area contributed by atoms with E-state index in [2.05, 4.69) is 4.90 Å². The maximum atomic E-state index is 12.7. The van der Waals surface area contributed by atoms with E-state index in [1.807, 2.05) is 78.9 Å². The maximum Gasteiger partial charge on any atom is 0.343 e. The molecule has 0 unspecified atom stereocenters. The van der Waals surface area contributed by atoms with Crippen LogP contribution < -0.4 is 20.2 Å². The topological polar surface area (TPSA) is 77.5 Å². The number of carbonyl (C=O) groups is 1. The minimum absolute atomic E-state index is 0.216. The number of aliphatic carboxylic acids is 1. The van der Waals surface area contributed by atoms with Crippen LogP contribution in [0.5, 0.6) is 0 Å². The van der Waals surface area contributed by atoms with Gasteiger partial charge in [-0.2, -0.15) is 4.57 Å². The van der Waals surface area contributed by atoms with Crippen molar-refractivity contribution in [3.05, 3.63) is 131 Å². The molecule has 0 saturated carbocycles. The summed E-state index contributed by atoms with van der Waals surface area (Å²) in [7, 11) is 0. The van der Waals surface area contributed by atoms with E-state index in [0.29, 0.717) is 11.1 Å². The van der Waals surface area contributed by atoms with Crippen LogP contribution in [0.1, 0.15) is 11.1 Å². The Hall–Kier alpha value is -4.97. The van der Waals surface area contributed by atoms with E-state index in [1.54, 1.807) is 42.7 Å². The first-order valence-electron chi connectivity index (χ1n) is 11.4. The molecule has 5 aromatic rings. The van der Waals surface area contributed by atoms with Crippen LogP contribution in [0.3, 0.4) is 0 Å². The number of carbonyl (C=O) groups excluding carboxylic acids is 1. The first-order chi connectivity index (χ1) is 17.6. The fourth-order valence-corrected chi connectivity index (χ4v) is 3.99. The van der Waals surface area contributed by atoms with Crippen molar-refractivity contribution >= 4 is 46.2 Å². The van der Waals surface area contributed by atoms with Gasteiger partial charge in [-0.25, -0.2) is 4.79 Å². The molecule has 6 heteroatoms. The highest BCUT2D eigenvalue weighted by atomic mass is 16.4. The van der Waals surface area contributed by atoms with E-state index < -0.39 is 11.6 Å². The molecule has 0 amide bonds. The van der Waals surface area contributed by atoms with Crippen LogP contribution in [0.4, 0.5) is 17.1 Å². The zero-order valence-corrected chi connectivity index (χ0v) is 19.3. The first-order valence-corrected chi connectivity index (χ1v) is 11.4. The Morgan fingerprint density at radius 3 is 2.06 bits per heavy atom. The van der Waals surface area contributed by atoms with Gasteiger partial charge in [0.05, 0.1) is 5.56 Å². The molecule has 0 bridgehead atoms. The van der Waals surface area contributed by atoms with Crippen molar-refractivity contribution < 1.29 is 18.9 Å². The van der Waals surface area contributed by atoms with Crippen molar-refractivity contribution in [2.24, 2.45) is 0 Å². The largest absolute Gasteiger partial charge is 0.544 e. The number of aromatic nitrogens is 1. The van der Waals surface area contributed by atoms with Crippen LogP contribution in [0.25, 0.3) is 23.1 Å². The smallest absolute Gasteiger partial charge is 0.343 e. The van der Waals surface area contributed by atoms with Crippen LogP contribution in [-0.2, 0) is 11.3 Å². The molecule has 3 aromatic carbocycles. The average Bonchev–Trinajstić information content (AvgIpc) is 2.89. The molecule has 5 rings (SSSR count). The predicted octanol–water partition coefficient (Wildman–Crippen LogP) is 4.47. The van der Waals surface area contributed by atoms with E-state index >= 15 is 0 Å². The van der Waals surface area contributed by atoms with Gasteiger partial charge in [-0.05, 0) is 54.1 Å². The number of para-hydroxylation sites is 2. The van der Waals surface area contributed by atoms with E-state index in [1.165, 1.54) is 4.57 Å². The van der Waals surface area contributed by atoms with Crippen molar-refractivity contribution in [3.8, 4) is 0 Å². The Kier molecular flexibility index (Phi) is 6.40. The zero-order chi connectivity index (χ0) is 24.9. The monoisotopic (exact) mass is 474 g/mol. The number of pyridine rings is 1. The minimum atomic E-state index is -1.16. The molecule has 36 heavy (non-hydrogen) atoms. The Labute approximate surface area is 207 Å². The summed E-state index contributed by atoms with van der Waals surface area (Å²) in [6.45, 7) is -0.216. The fraction of sp³-hybridized carbons (Fsp3) is 0.0333. The molecule has 0 aliphatic rings. The fourth-order valence-electron chi connectivity index (χ4n) is 3.99. The van der Waals surface area contributed by atoms with Gasteiger partial charge in [0.1, 0.15) is 11.6 Å². The summed E-state index contributed by atoms with van der Waals surface area (Å²) in [6, 6.07) is 31.2. The number of fused-ring (bicyclic) bond motifs is 1. The second kappa shape index (κ2) is 10.1. The van der Waals surface area contributed by atoms with Gasteiger partial charge in [-0.1, -0.05) is 42.5 Å². The Morgan fingerprint density at radius 2 is 1.44 bits per heavy atom. The molecule has 0 spiro atoms. The highest BCUT2D eigenvalue weighted by molar-refractivity contribution is 5.87. The molecule has 2 heterocycles. The van der Waals surface area contributed by atoms with Crippen molar-refractivity contribution in [2.45, 2.75) is 6.54 Å². The van der Waals surface area contributed by atoms with Crippen molar-refractivity contribution in [2.75, 3.05) is 4.90 Å². The second-order valence-corrected chi connectivity index (χ2v) is 8.23. The lowest BCUT2D eigenvalue weighted by atomic mass is 10.1. The molecule has 0 aliphatic carbocycles. The lowest BCUT2D eigenvalue weighted by Crippen LogP contribution is -2.43. The zero-order valence-electron chi connectivity index (χ0n) is 19.3. The molecule has 2 aromatic heterocycles. The third kappa shape index (κ3) is 5.08. The van der Waals surface area contributed by atoms with Gasteiger partial charge in [0.2, 0.25) is 0 Å². The van der Waals surface area contributed by atoms with Crippen molar-refractivity contribution in [1.82, 2.24) is 0 Å². The van der Waals surface area contributed by atoms with Crippen molar-refractivity contribution in [1.29, 1.82) is 0 Å². The van der Waals surface area contributed by atoms with Crippen molar-refractivity contribution in [3.63, 3.8) is 0 Å². The van der Waals surface area contributed by atoms with Crippen LogP contribution >= 0.6 is 0 Å². The Balaban J connectivity index is 1.47. The Morgan fingerprint density at radius 1 is 0.806 bits per heavy atom. The quantitative estimate of drug-likeness (QED) is 0.257. The van der Waals surface area contributed by atoms with E-state index in [0.717, 1.165) is 28.0 Å². The van der Waals surface area contributed by atoms with Gasteiger partial charge in [0.25, 0.3) is 0 Å². The summed E-state index contributed by atoms with van der Waals surface area (Å²) in [6.07, 6.45) is 6.76. The molecule has 0 radical (unpaired) electrons. The third-order valence-electron chi connectivity index (χ3n) is 5.72. The number of rotatable bonds is 7. The lowest BCUT2D eigenvalue weighted by Gasteiger charge is -2.25. The summed E-state index contributed by atoms with van der Waals surface area (Å²) in [5.74, 6) is -1.16. The first kappa shape index (κ1) is 22.8. The molecular formula is C30H22N2O4. The van der Waals surface area contributed by atoms with Crippen LogP contribution in [0, 0.1) is 0 Å². The molecule has 0 N–H and O–H groups in total. The number of nitrogens with zero attached hydrogens (tertiary/aromatic N) is 2. The Bertz CT molecular complexity index is 1550. The van der Waals surface area contributed by atoms with E-state index in [4.69, 9.17) is 4.42 Å².